The monoisotopic (exact) mass is 497 g/mol. The molecule has 0 bridgehead atoms. The Bertz CT molecular complexity index is 1190. The highest BCUT2D eigenvalue weighted by molar-refractivity contribution is 5.90. The molecule has 7 nitrogen and oxygen atoms in total. The minimum atomic E-state index is -0.434. The largest absolute Gasteiger partial charge is 0.494 e. The number of hydrogen-bond donors (Lipinski definition) is 2. The van der Waals surface area contributed by atoms with Crippen molar-refractivity contribution in [1.29, 1.82) is 0 Å². The van der Waals surface area contributed by atoms with E-state index in [0.29, 0.717) is 6.61 Å². The van der Waals surface area contributed by atoms with E-state index in [0.717, 1.165) is 66.8 Å². The van der Waals surface area contributed by atoms with Crippen LogP contribution in [-0.2, 0) is 11.3 Å². The van der Waals surface area contributed by atoms with E-state index in [1.54, 1.807) is 12.1 Å². The number of aliphatic hydroxyl groups excluding tert-OH is 1. The van der Waals surface area contributed by atoms with Crippen LogP contribution in [-0.4, -0.2) is 66.0 Å². The van der Waals surface area contributed by atoms with Crippen LogP contribution < -0.4 is 14.8 Å². The fourth-order valence-electron chi connectivity index (χ4n) is 4.79. The number of ether oxygens (including phenoxy) is 2. The second-order valence-corrected chi connectivity index (χ2v) is 9.71. The van der Waals surface area contributed by atoms with Gasteiger partial charge in [-0.15, -0.1) is 0 Å². The van der Waals surface area contributed by atoms with Crippen LogP contribution in [0.1, 0.15) is 33.1 Å². The Kier molecular flexibility index (Phi) is 8.48. The Hall–Kier alpha value is -3.10. The lowest BCUT2D eigenvalue weighted by atomic mass is 10.1. The van der Waals surface area contributed by atoms with E-state index in [1.165, 1.54) is 13.2 Å². The number of β-amino-alcohol motifs (C(OH)–C–C–N with tert-alkyl or cyclic N) is 1. The minimum absolute atomic E-state index is 0.0295. The van der Waals surface area contributed by atoms with Crippen LogP contribution in [0.2, 0.25) is 0 Å². The number of aromatic nitrogens is 1. The molecule has 2 aromatic carbocycles. The Labute approximate surface area is 211 Å². The van der Waals surface area contributed by atoms with Crippen molar-refractivity contribution in [2.24, 2.45) is 0 Å². The fraction of sp³-hybridized carbons (Fsp3) is 0.464. The second-order valence-electron chi connectivity index (χ2n) is 9.71. The zero-order valence-corrected chi connectivity index (χ0v) is 21.3. The zero-order valence-electron chi connectivity index (χ0n) is 21.3. The van der Waals surface area contributed by atoms with Gasteiger partial charge in [-0.3, -0.25) is 4.79 Å². The van der Waals surface area contributed by atoms with Crippen LogP contribution in [0.15, 0.2) is 42.5 Å². The van der Waals surface area contributed by atoms with Crippen LogP contribution >= 0.6 is 0 Å². The van der Waals surface area contributed by atoms with E-state index in [-0.39, 0.29) is 30.3 Å². The fourth-order valence-corrected chi connectivity index (χ4v) is 4.79. The highest BCUT2D eigenvalue weighted by Gasteiger charge is 2.18. The normalized spacial score (nSPS) is 16.4. The van der Waals surface area contributed by atoms with Gasteiger partial charge in [0.25, 0.3) is 0 Å². The lowest BCUT2D eigenvalue weighted by Crippen LogP contribution is -2.39. The summed E-state index contributed by atoms with van der Waals surface area (Å²) in [6, 6.07) is 12.6. The molecule has 4 rings (SSSR count). The van der Waals surface area contributed by atoms with E-state index in [4.69, 9.17) is 9.47 Å². The number of nitrogens with zero attached hydrogens (tertiary/aromatic N) is 2. The number of hydrogen-bond acceptors (Lipinski definition) is 5. The summed E-state index contributed by atoms with van der Waals surface area (Å²) >= 11 is 0. The summed E-state index contributed by atoms with van der Waals surface area (Å²) in [5.74, 6) is 0.381. The highest BCUT2D eigenvalue weighted by atomic mass is 19.1. The number of carbonyl (C=O) groups excluding carboxylic acids is 1. The molecule has 8 heteroatoms. The van der Waals surface area contributed by atoms with Crippen LogP contribution in [0.4, 0.5) is 4.39 Å². The van der Waals surface area contributed by atoms with Crippen molar-refractivity contribution < 1.29 is 23.8 Å². The van der Waals surface area contributed by atoms with Crippen LogP contribution in [0, 0.1) is 5.82 Å². The first-order valence-electron chi connectivity index (χ1n) is 12.6. The summed E-state index contributed by atoms with van der Waals surface area (Å²) in [5.41, 5.74) is 2.44. The molecule has 1 aliphatic rings. The van der Waals surface area contributed by atoms with Gasteiger partial charge in [0.05, 0.1) is 19.8 Å². The maximum absolute atomic E-state index is 14.1. The van der Waals surface area contributed by atoms with E-state index in [2.05, 4.69) is 10.2 Å². The van der Waals surface area contributed by atoms with Crippen molar-refractivity contribution in [2.75, 3.05) is 33.4 Å². The Morgan fingerprint density at radius 2 is 2.06 bits per heavy atom. The molecule has 0 radical (unpaired) electrons. The minimum Gasteiger partial charge on any atom is -0.494 e. The predicted octanol–water partition coefficient (Wildman–Crippen LogP) is 4.21. The first-order valence-corrected chi connectivity index (χ1v) is 12.6. The summed E-state index contributed by atoms with van der Waals surface area (Å²) in [6.07, 6.45) is 2.58. The third kappa shape index (κ3) is 6.36. The van der Waals surface area contributed by atoms with Gasteiger partial charge >= 0.3 is 0 Å². The van der Waals surface area contributed by atoms with E-state index in [1.807, 2.05) is 42.7 Å². The molecule has 1 saturated heterocycles. The number of piperidine rings is 1. The molecule has 1 aromatic heterocycles. The molecule has 1 atom stereocenters. The molecule has 2 N–H and O–H groups in total. The van der Waals surface area contributed by atoms with Gasteiger partial charge in [0.1, 0.15) is 12.3 Å². The molecule has 0 saturated carbocycles. The second kappa shape index (κ2) is 11.8. The molecular formula is C28H36FN3O4. The van der Waals surface area contributed by atoms with Gasteiger partial charge in [0.2, 0.25) is 5.91 Å². The smallest absolute Gasteiger partial charge is 0.240 e. The standard InChI is InChI=1S/C28H36FN3O4/c1-19(2)30-28(34)18-32-25-10-8-23(36-13-5-12-31-11-4-6-22(33)17-31)14-21(25)15-26(32)20-7-9-24(29)27(16-20)35-3/h7-10,14-16,19,22,33H,4-6,11-13,17-18H2,1-3H3,(H,30,34). The molecule has 0 spiro atoms. The Morgan fingerprint density at radius 1 is 1.22 bits per heavy atom. The maximum Gasteiger partial charge on any atom is 0.240 e. The lowest BCUT2D eigenvalue weighted by Gasteiger charge is -2.29. The average molecular weight is 498 g/mol. The van der Waals surface area contributed by atoms with Gasteiger partial charge in [0, 0.05) is 41.3 Å². The topological polar surface area (TPSA) is 76.0 Å². The third-order valence-electron chi connectivity index (χ3n) is 6.44. The molecule has 0 aliphatic carbocycles. The number of likely N-dealkylation sites (tertiary alicyclic amines) is 1. The van der Waals surface area contributed by atoms with E-state index in [9.17, 15) is 14.3 Å². The molecule has 1 fully saturated rings. The first-order chi connectivity index (χ1) is 17.3. The summed E-state index contributed by atoms with van der Waals surface area (Å²) in [5, 5.41) is 13.7. The van der Waals surface area contributed by atoms with Crippen LogP contribution in [0.25, 0.3) is 22.2 Å². The summed E-state index contributed by atoms with van der Waals surface area (Å²) < 4.78 is 27.2. The molecule has 1 aliphatic heterocycles. The van der Waals surface area contributed by atoms with Crippen molar-refractivity contribution in [3.8, 4) is 22.8 Å². The number of carbonyl (C=O) groups is 1. The van der Waals surface area contributed by atoms with Crippen molar-refractivity contribution in [3.05, 3.63) is 48.3 Å². The van der Waals surface area contributed by atoms with Crippen molar-refractivity contribution in [3.63, 3.8) is 0 Å². The molecule has 3 aromatic rings. The summed E-state index contributed by atoms with van der Waals surface area (Å²) in [6.45, 7) is 7.23. The Morgan fingerprint density at radius 3 is 2.81 bits per heavy atom. The number of amides is 1. The number of fused-ring (bicyclic) bond motifs is 1. The molecule has 1 unspecified atom stereocenters. The van der Waals surface area contributed by atoms with Gasteiger partial charge < -0.3 is 29.4 Å². The van der Waals surface area contributed by atoms with Gasteiger partial charge in [-0.1, -0.05) is 0 Å². The van der Waals surface area contributed by atoms with Gasteiger partial charge in [-0.2, -0.15) is 0 Å². The molecular weight excluding hydrogens is 461 g/mol. The number of nitrogens with one attached hydrogen (secondary N) is 1. The van der Waals surface area contributed by atoms with Gasteiger partial charge in [-0.05, 0) is 82.1 Å². The number of halogens is 1. The van der Waals surface area contributed by atoms with Gasteiger partial charge in [0.15, 0.2) is 11.6 Å². The Balaban J connectivity index is 1.54. The summed E-state index contributed by atoms with van der Waals surface area (Å²) in [4.78, 5) is 14.9. The van der Waals surface area contributed by atoms with Crippen molar-refractivity contribution in [2.45, 2.75) is 51.8 Å². The molecule has 36 heavy (non-hydrogen) atoms. The quantitative estimate of drug-likeness (QED) is 0.411. The SMILES string of the molecule is COc1cc(-c2cc3cc(OCCCN4CCCC(O)C4)ccc3n2CC(=O)NC(C)C)ccc1F. The molecule has 2 heterocycles. The van der Waals surface area contributed by atoms with E-state index >= 15 is 0 Å². The molecule has 194 valence electrons. The number of aliphatic hydroxyl groups is 1. The maximum atomic E-state index is 14.1. The average Bonchev–Trinajstić information content (AvgIpc) is 3.19. The highest BCUT2D eigenvalue weighted by Crippen LogP contribution is 2.33. The number of rotatable bonds is 10. The third-order valence-corrected chi connectivity index (χ3v) is 6.44. The van der Waals surface area contributed by atoms with Crippen LogP contribution in [0.5, 0.6) is 11.5 Å². The zero-order chi connectivity index (χ0) is 25.7. The number of benzene rings is 2. The van der Waals surface area contributed by atoms with Gasteiger partial charge in [-0.25, -0.2) is 4.39 Å². The van der Waals surface area contributed by atoms with Crippen molar-refractivity contribution >= 4 is 16.8 Å². The number of methoxy groups -OCH3 is 1. The predicted molar refractivity (Wildman–Crippen MR) is 139 cm³/mol. The van der Waals surface area contributed by atoms with E-state index < -0.39 is 5.82 Å². The van der Waals surface area contributed by atoms with Crippen molar-refractivity contribution in [1.82, 2.24) is 14.8 Å². The van der Waals surface area contributed by atoms with Crippen LogP contribution in [0.3, 0.4) is 0 Å². The molecule has 1 amide bonds. The summed E-state index contributed by atoms with van der Waals surface area (Å²) in [7, 11) is 1.44. The lowest BCUT2D eigenvalue weighted by molar-refractivity contribution is -0.122. The first kappa shape index (κ1) is 26.0.